The van der Waals surface area contributed by atoms with Crippen molar-refractivity contribution in [3.05, 3.63) is 28.2 Å². The first-order valence-corrected chi connectivity index (χ1v) is 8.02. The summed E-state index contributed by atoms with van der Waals surface area (Å²) in [5.41, 5.74) is 5.41. The van der Waals surface area contributed by atoms with Crippen LogP contribution in [0, 0.1) is 0 Å². The van der Waals surface area contributed by atoms with Crippen molar-refractivity contribution in [1.29, 1.82) is 0 Å². The van der Waals surface area contributed by atoms with Gasteiger partial charge in [0.15, 0.2) is 0 Å². The highest BCUT2D eigenvalue weighted by atomic mass is 35.5. The van der Waals surface area contributed by atoms with Gasteiger partial charge >= 0.3 is 0 Å². The Morgan fingerprint density at radius 3 is 2.95 bits per heavy atom. The number of nitrogens with two attached hydrogens (primary N) is 1. The fourth-order valence-corrected chi connectivity index (χ4v) is 2.96. The van der Waals surface area contributed by atoms with Crippen LogP contribution in [0.25, 0.3) is 0 Å². The summed E-state index contributed by atoms with van der Waals surface area (Å²) < 4.78 is 5.51. The number of benzene rings is 1. The van der Waals surface area contributed by atoms with E-state index in [1.165, 1.54) is 0 Å². The number of aliphatic hydroxyl groups is 1. The van der Waals surface area contributed by atoms with Crippen molar-refractivity contribution in [3.8, 4) is 5.75 Å². The highest BCUT2D eigenvalue weighted by molar-refractivity contribution is 6.34. The average molecular weight is 347 g/mol. The zero-order chi connectivity index (χ0) is 16.1. The van der Waals surface area contributed by atoms with E-state index in [2.05, 4.69) is 0 Å². The van der Waals surface area contributed by atoms with Gasteiger partial charge in [-0.25, -0.2) is 0 Å². The Balaban J connectivity index is 1.88. The molecule has 2 rings (SSSR count). The van der Waals surface area contributed by atoms with Crippen LogP contribution < -0.4 is 10.5 Å². The summed E-state index contributed by atoms with van der Waals surface area (Å²) in [5, 5.41) is 11.1. The van der Waals surface area contributed by atoms with Crippen molar-refractivity contribution < 1.29 is 14.6 Å². The third-order valence-corrected chi connectivity index (χ3v) is 4.26. The monoisotopic (exact) mass is 346 g/mol. The molecule has 1 fully saturated rings. The summed E-state index contributed by atoms with van der Waals surface area (Å²) >= 11 is 11.9. The fraction of sp³-hybridized carbons (Fsp3) is 0.533. The Kier molecular flexibility index (Phi) is 6.32. The van der Waals surface area contributed by atoms with Crippen LogP contribution in [0.5, 0.6) is 5.75 Å². The molecule has 7 heteroatoms. The molecule has 0 aromatic heterocycles. The van der Waals surface area contributed by atoms with E-state index in [9.17, 15) is 9.90 Å². The molecule has 2 atom stereocenters. The number of aliphatic hydroxyl groups excluding tert-OH is 1. The molecule has 3 N–H and O–H groups in total. The summed E-state index contributed by atoms with van der Waals surface area (Å²) in [4.78, 5) is 13.4. The van der Waals surface area contributed by atoms with E-state index >= 15 is 0 Å². The lowest BCUT2D eigenvalue weighted by atomic mass is 10.0. The molecular formula is C15H20Cl2N2O3. The summed E-state index contributed by atoms with van der Waals surface area (Å²) in [6, 6.07) is 4.60. The quantitative estimate of drug-likeness (QED) is 0.826. The van der Waals surface area contributed by atoms with Crippen LogP contribution in [0.4, 0.5) is 0 Å². The van der Waals surface area contributed by atoms with E-state index in [1.807, 2.05) is 4.90 Å². The average Bonchev–Trinajstić information content (AvgIpc) is 2.48. The minimum absolute atomic E-state index is 0.0715. The first-order chi connectivity index (χ1) is 10.5. The van der Waals surface area contributed by atoms with Crippen LogP contribution >= 0.6 is 23.2 Å². The number of halogens is 2. The van der Waals surface area contributed by atoms with Crippen molar-refractivity contribution in [2.24, 2.45) is 5.73 Å². The van der Waals surface area contributed by atoms with Crippen molar-refractivity contribution in [2.45, 2.75) is 31.4 Å². The van der Waals surface area contributed by atoms with Gasteiger partial charge in [0.25, 0.3) is 0 Å². The molecule has 2 unspecified atom stereocenters. The van der Waals surface area contributed by atoms with E-state index < -0.39 is 6.10 Å². The second-order valence-electron chi connectivity index (χ2n) is 5.45. The first-order valence-electron chi connectivity index (χ1n) is 7.26. The topological polar surface area (TPSA) is 75.8 Å². The molecule has 5 nitrogen and oxygen atoms in total. The second kappa shape index (κ2) is 8.02. The van der Waals surface area contributed by atoms with Crippen LogP contribution in [-0.4, -0.2) is 47.8 Å². The highest BCUT2D eigenvalue weighted by Crippen LogP contribution is 2.27. The maximum Gasteiger partial charge on any atom is 0.234 e. The van der Waals surface area contributed by atoms with Crippen molar-refractivity contribution >= 4 is 29.1 Å². The number of carbonyl (C=O) groups is 1. The van der Waals surface area contributed by atoms with E-state index in [0.717, 1.165) is 25.8 Å². The lowest BCUT2D eigenvalue weighted by molar-refractivity contribution is -0.125. The van der Waals surface area contributed by atoms with Crippen LogP contribution in [0.15, 0.2) is 18.2 Å². The molecule has 1 aromatic rings. The third-order valence-electron chi connectivity index (χ3n) is 3.71. The molecule has 1 amide bonds. The predicted octanol–water partition coefficient (Wildman–Crippen LogP) is 2.07. The minimum atomic E-state index is -0.741. The number of carbonyl (C=O) groups excluding carboxylic acids is 1. The number of hydrogen-bond donors (Lipinski definition) is 2. The normalized spacial score (nSPS) is 20.6. The van der Waals surface area contributed by atoms with Gasteiger partial charge in [-0.3, -0.25) is 9.69 Å². The van der Waals surface area contributed by atoms with Gasteiger partial charge in [0, 0.05) is 17.6 Å². The zero-order valence-corrected chi connectivity index (χ0v) is 13.7. The molecule has 1 aliphatic rings. The second-order valence-corrected chi connectivity index (χ2v) is 6.29. The molecule has 0 radical (unpaired) electrons. The Morgan fingerprint density at radius 1 is 1.45 bits per heavy atom. The molecule has 1 heterocycles. The van der Waals surface area contributed by atoms with Gasteiger partial charge in [-0.2, -0.15) is 0 Å². The van der Waals surface area contributed by atoms with Gasteiger partial charge in [-0.05, 0) is 31.5 Å². The number of likely N-dealkylation sites (tertiary alicyclic amines) is 1. The van der Waals surface area contributed by atoms with Crippen LogP contribution in [-0.2, 0) is 4.79 Å². The minimum Gasteiger partial charge on any atom is -0.489 e. The SMILES string of the molecule is NC(=O)C1CCCCN1CC(O)COc1cc(Cl)ccc1Cl. The van der Waals surface area contributed by atoms with Crippen molar-refractivity contribution in [2.75, 3.05) is 19.7 Å². The Bertz CT molecular complexity index is 528. The van der Waals surface area contributed by atoms with Crippen molar-refractivity contribution in [3.63, 3.8) is 0 Å². The van der Waals surface area contributed by atoms with Gasteiger partial charge in [0.1, 0.15) is 18.5 Å². The lowest BCUT2D eigenvalue weighted by Crippen LogP contribution is -2.50. The number of hydrogen-bond acceptors (Lipinski definition) is 4. The van der Waals surface area contributed by atoms with Crippen LogP contribution in [0.3, 0.4) is 0 Å². The van der Waals surface area contributed by atoms with E-state index in [-0.39, 0.29) is 18.6 Å². The fourth-order valence-electron chi connectivity index (χ4n) is 2.63. The first kappa shape index (κ1) is 17.3. The highest BCUT2D eigenvalue weighted by Gasteiger charge is 2.28. The molecule has 1 aliphatic heterocycles. The number of primary amides is 1. The Morgan fingerprint density at radius 2 is 2.23 bits per heavy atom. The van der Waals surface area contributed by atoms with Crippen LogP contribution in [0.2, 0.25) is 10.0 Å². The smallest absolute Gasteiger partial charge is 0.234 e. The Hall–Kier alpha value is -1.01. The number of ether oxygens (including phenoxy) is 1. The number of amides is 1. The van der Waals surface area contributed by atoms with Crippen molar-refractivity contribution in [1.82, 2.24) is 4.90 Å². The summed E-state index contributed by atoms with van der Waals surface area (Å²) in [7, 11) is 0. The van der Waals surface area contributed by atoms with E-state index in [1.54, 1.807) is 18.2 Å². The molecule has 22 heavy (non-hydrogen) atoms. The van der Waals surface area contributed by atoms with Gasteiger partial charge in [-0.15, -0.1) is 0 Å². The van der Waals surface area contributed by atoms with Gasteiger partial charge in [-0.1, -0.05) is 29.6 Å². The summed E-state index contributed by atoms with van der Waals surface area (Å²) in [6.45, 7) is 1.16. The molecule has 0 spiro atoms. The predicted molar refractivity (Wildman–Crippen MR) is 86.4 cm³/mol. The summed E-state index contributed by atoms with van der Waals surface area (Å²) in [5.74, 6) is 0.0871. The molecule has 0 saturated carbocycles. The van der Waals surface area contributed by atoms with E-state index in [4.69, 9.17) is 33.7 Å². The standard InChI is InChI=1S/C15H20Cl2N2O3/c16-10-4-5-12(17)14(7-10)22-9-11(20)8-19-6-2-1-3-13(19)15(18)21/h4-5,7,11,13,20H,1-3,6,8-9H2,(H2,18,21). The molecule has 1 saturated heterocycles. The number of nitrogens with zero attached hydrogens (tertiary/aromatic N) is 1. The zero-order valence-electron chi connectivity index (χ0n) is 12.2. The summed E-state index contributed by atoms with van der Waals surface area (Å²) in [6.07, 6.45) is 1.98. The third kappa shape index (κ3) is 4.74. The molecule has 0 aliphatic carbocycles. The molecule has 122 valence electrons. The maximum atomic E-state index is 11.4. The lowest BCUT2D eigenvalue weighted by Gasteiger charge is -2.34. The molecular weight excluding hydrogens is 327 g/mol. The number of piperidine rings is 1. The van der Waals surface area contributed by atoms with E-state index in [0.29, 0.717) is 22.3 Å². The number of β-amino-alcohol motifs (C(OH)–C–C–N with tert-alkyl or cyclic N) is 1. The van der Waals surface area contributed by atoms with Gasteiger partial charge in [0.2, 0.25) is 5.91 Å². The van der Waals surface area contributed by atoms with Gasteiger partial charge < -0.3 is 15.6 Å². The Labute approximate surface area is 139 Å². The number of rotatable bonds is 6. The molecule has 1 aromatic carbocycles. The van der Waals surface area contributed by atoms with Gasteiger partial charge in [0.05, 0.1) is 11.1 Å². The largest absolute Gasteiger partial charge is 0.489 e. The molecule has 0 bridgehead atoms. The maximum absolute atomic E-state index is 11.4. The van der Waals surface area contributed by atoms with Crippen LogP contribution in [0.1, 0.15) is 19.3 Å².